The number of aromatic nitrogens is 2. The zero-order valence-electron chi connectivity index (χ0n) is 24.6. The van der Waals surface area contributed by atoms with Crippen molar-refractivity contribution < 1.29 is 41.0 Å². The number of amides is 1. The van der Waals surface area contributed by atoms with Gasteiger partial charge in [-0.05, 0) is 67.3 Å². The van der Waals surface area contributed by atoms with Gasteiger partial charge in [-0.1, -0.05) is 24.1 Å². The molecule has 4 aromatic rings. The summed E-state index contributed by atoms with van der Waals surface area (Å²) in [4.78, 5) is 28.2. The molecule has 0 bridgehead atoms. The molecule has 3 heterocycles. The Morgan fingerprint density at radius 3 is 2.48 bits per heavy atom. The van der Waals surface area contributed by atoms with Crippen molar-refractivity contribution >= 4 is 23.2 Å². The van der Waals surface area contributed by atoms with E-state index in [1.54, 1.807) is 24.4 Å². The normalized spacial score (nSPS) is 15.3. The molecular formula is C32H29F6N5O3. The van der Waals surface area contributed by atoms with E-state index < -0.39 is 29.8 Å². The Bertz CT molecular complexity index is 1790. The molecule has 5 rings (SSSR count). The molecule has 1 aliphatic rings. The fourth-order valence-electron chi connectivity index (χ4n) is 4.71. The van der Waals surface area contributed by atoms with E-state index in [2.05, 4.69) is 27.5 Å². The maximum atomic E-state index is 14.0. The lowest BCUT2D eigenvalue weighted by atomic mass is 10.0. The number of nitrogens with zero attached hydrogens (tertiary/aromatic N) is 3. The number of aryl methyl sites for hydroxylation is 1. The number of anilines is 1. The number of carbonyl (C=O) groups is 2. The number of imidazole rings is 1. The number of hydrogen-bond donors (Lipinski definition) is 3. The molecule has 242 valence electrons. The first-order valence-electron chi connectivity index (χ1n) is 13.9. The van der Waals surface area contributed by atoms with Gasteiger partial charge in [0.1, 0.15) is 11.3 Å². The number of aliphatic carboxylic acids is 1. The number of piperazine rings is 1. The van der Waals surface area contributed by atoms with Gasteiger partial charge in [0.2, 0.25) is 0 Å². The monoisotopic (exact) mass is 645 g/mol. The third-order valence-corrected chi connectivity index (χ3v) is 7.00. The average Bonchev–Trinajstić information content (AvgIpc) is 3.40. The molecule has 14 heteroatoms. The Kier molecular flexibility index (Phi) is 10.4. The van der Waals surface area contributed by atoms with Crippen molar-refractivity contribution in [3.63, 3.8) is 0 Å². The number of fused-ring (bicyclic) bond motifs is 1. The van der Waals surface area contributed by atoms with Gasteiger partial charge in [0.15, 0.2) is 0 Å². The van der Waals surface area contributed by atoms with Crippen LogP contribution in [0.4, 0.5) is 32.0 Å². The van der Waals surface area contributed by atoms with E-state index in [1.165, 1.54) is 12.1 Å². The SMILES string of the molecule is Cc1ccc(C(=O)Nc2ccc(CN3CCNC(C)C3)c(C(F)(F)F)c2)cc1C#Cc1cnc2ccccn12.O=C(O)C(F)(F)F. The highest BCUT2D eigenvalue weighted by molar-refractivity contribution is 6.04. The fraction of sp³-hybridized carbons (Fsp3) is 0.281. The van der Waals surface area contributed by atoms with Crippen molar-refractivity contribution in [2.75, 3.05) is 25.0 Å². The molecule has 0 saturated carbocycles. The van der Waals surface area contributed by atoms with Crippen LogP contribution >= 0.6 is 0 Å². The first kappa shape index (κ1) is 34.0. The van der Waals surface area contributed by atoms with Crippen LogP contribution in [0, 0.1) is 18.8 Å². The van der Waals surface area contributed by atoms with Gasteiger partial charge in [-0.2, -0.15) is 26.3 Å². The molecule has 0 aliphatic carbocycles. The summed E-state index contributed by atoms with van der Waals surface area (Å²) < 4.78 is 75.5. The maximum absolute atomic E-state index is 14.0. The van der Waals surface area contributed by atoms with E-state index in [0.29, 0.717) is 29.9 Å². The summed E-state index contributed by atoms with van der Waals surface area (Å²) >= 11 is 0. The van der Waals surface area contributed by atoms with Crippen LogP contribution in [0.15, 0.2) is 67.0 Å². The summed E-state index contributed by atoms with van der Waals surface area (Å²) in [6.07, 6.45) is -6.08. The van der Waals surface area contributed by atoms with E-state index in [9.17, 15) is 31.1 Å². The predicted octanol–water partition coefficient (Wildman–Crippen LogP) is 5.74. The third-order valence-electron chi connectivity index (χ3n) is 7.00. The van der Waals surface area contributed by atoms with Crippen LogP contribution < -0.4 is 10.6 Å². The number of hydrogen-bond acceptors (Lipinski definition) is 5. The number of benzene rings is 2. The average molecular weight is 646 g/mol. The zero-order valence-corrected chi connectivity index (χ0v) is 24.6. The van der Waals surface area contributed by atoms with E-state index in [1.807, 2.05) is 47.5 Å². The van der Waals surface area contributed by atoms with Gasteiger partial charge in [-0.15, -0.1) is 0 Å². The van der Waals surface area contributed by atoms with Crippen LogP contribution in [-0.4, -0.2) is 63.1 Å². The highest BCUT2D eigenvalue weighted by Gasteiger charge is 2.38. The van der Waals surface area contributed by atoms with Crippen LogP contribution in [0.1, 0.15) is 45.2 Å². The van der Waals surface area contributed by atoms with E-state index in [0.717, 1.165) is 23.8 Å². The molecule has 2 aromatic carbocycles. The summed E-state index contributed by atoms with van der Waals surface area (Å²) in [5.74, 6) is 2.92. The molecule has 1 saturated heterocycles. The summed E-state index contributed by atoms with van der Waals surface area (Å²) in [7, 11) is 0. The molecule has 1 aliphatic heterocycles. The molecule has 2 aromatic heterocycles. The van der Waals surface area contributed by atoms with Crippen molar-refractivity contribution in [3.05, 3.63) is 101 Å². The summed E-state index contributed by atoms with van der Waals surface area (Å²) in [5, 5.41) is 13.0. The maximum Gasteiger partial charge on any atom is 0.490 e. The van der Waals surface area contributed by atoms with Gasteiger partial charge >= 0.3 is 18.3 Å². The van der Waals surface area contributed by atoms with Crippen molar-refractivity contribution in [2.24, 2.45) is 0 Å². The van der Waals surface area contributed by atoms with Crippen LogP contribution in [0.3, 0.4) is 0 Å². The van der Waals surface area contributed by atoms with Gasteiger partial charge in [0.05, 0.1) is 11.8 Å². The number of pyridine rings is 1. The third kappa shape index (κ3) is 8.86. The molecule has 0 spiro atoms. The molecule has 1 unspecified atom stereocenters. The smallest absolute Gasteiger partial charge is 0.475 e. The second kappa shape index (κ2) is 14.1. The van der Waals surface area contributed by atoms with Gasteiger partial charge in [-0.3, -0.25) is 14.1 Å². The number of halogens is 6. The van der Waals surface area contributed by atoms with Crippen molar-refractivity contribution in [2.45, 2.75) is 38.8 Å². The van der Waals surface area contributed by atoms with E-state index >= 15 is 0 Å². The fourth-order valence-corrected chi connectivity index (χ4v) is 4.71. The van der Waals surface area contributed by atoms with Gasteiger partial charge in [0.25, 0.3) is 5.91 Å². The Morgan fingerprint density at radius 1 is 1.07 bits per heavy atom. The minimum atomic E-state index is -5.08. The quantitative estimate of drug-likeness (QED) is 0.194. The standard InChI is InChI=1S/C30H28F3N5O.C2HF3O2/c1-20-6-7-23(15-22(20)9-11-26-17-35-28-5-3-4-13-38(26)28)29(39)36-25-10-8-24(27(16-25)30(31,32)33)19-37-14-12-34-21(2)18-37;3-2(4,5)1(6)7/h3-8,10,13,15-17,21,34H,12,14,18-19H2,1-2H3,(H,36,39);(H,6,7). The van der Waals surface area contributed by atoms with Crippen LogP contribution in [0.25, 0.3) is 5.65 Å². The zero-order chi connectivity index (χ0) is 33.6. The topological polar surface area (TPSA) is 99.0 Å². The van der Waals surface area contributed by atoms with Crippen molar-refractivity contribution in [3.8, 4) is 11.8 Å². The number of carbonyl (C=O) groups excluding carboxylic acids is 1. The van der Waals surface area contributed by atoms with E-state index in [4.69, 9.17) is 9.90 Å². The molecule has 8 nitrogen and oxygen atoms in total. The van der Waals surface area contributed by atoms with Crippen LogP contribution in [-0.2, 0) is 17.5 Å². The molecule has 1 fully saturated rings. The molecule has 46 heavy (non-hydrogen) atoms. The first-order chi connectivity index (χ1) is 21.6. The van der Waals surface area contributed by atoms with Gasteiger partial charge < -0.3 is 15.7 Å². The summed E-state index contributed by atoms with van der Waals surface area (Å²) in [5.41, 5.74) is 2.83. The Morgan fingerprint density at radius 2 is 1.80 bits per heavy atom. The lowest BCUT2D eigenvalue weighted by Crippen LogP contribution is -2.48. The summed E-state index contributed by atoms with van der Waals surface area (Å²) in [6.45, 7) is 6.17. The lowest BCUT2D eigenvalue weighted by molar-refractivity contribution is -0.192. The molecular weight excluding hydrogens is 616 g/mol. The van der Waals surface area contributed by atoms with Crippen LogP contribution in [0.5, 0.6) is 0 Å². The molecule has 0 radical (unpaired) electrons. The largest absolute Gasteiger partial charge is 0.490 e. The van der Waals surface area contributed by atoms with Gasteiger partial charge in [0, 0.05) is 55.2 Å². The van der Waals surface area contributed by atoms with Crippen molar-refractivity contribution in [1.29, 1.82) is 0 Å². The Balaban J connectivity index is 0.000000617. The molecule has 1 amide bonds. The molecule has 3 N–H and O–H groups in total. The number of alkyl halides is 6. The summed E-state index contributed by atoms with van der Waals surface area (Å²) in [6, 6.07) is 14.9. The van der Waals surface area contributed by atoms with Crippen molar-refractivity contribution in [1.82, 2.24) is 19.6 Å². The number of nitrogens with one attached hydrogen (secondary N) is 2. The minimum absolute atomic E-state index is 0.0868. The van der Waals surface area contributed by atoms with Crippen LogP contribution in [0.2, 0.25) is 0 Å². The highest BCUT2D eigenvalue weighted by Crippen LogP contribution is 2.35. The van der Waals surface area contributed by atoms with E-state index in [-0.39, 0.29) is 23.8 Å². The second-order valence-corrected chi connectivity index (χ2v) is 10.6. The van der Waals surface area contributed by atoms with Gasteiger partial charge in [-0.25, -0.2) is 9.78 Å². The Labute approximate surface area is 260 Å². The predicted molar refractivity (Wildman–Crippen MR) is 158 cm³/mol. The number of carboxylic acid groups (broad SMARTS) is 1. The number of rotatable bonds is 4. The Hall–Kier alpha value is -4.87. The first-order valence-corrected chi connectivity index (χ1v) is 13.9. The lowest BCUT2D eigenvalue weighted by Gasteiger charge is -2.32. The number of carboxylic acids is 1. The molecule has 1 atom stereocenters. The highest BCUT2D eigenvalue weighted by atomic mass is 19.4. The minimum Gasteiger partial charge on any atom is -0.475 e. The second-order valence-electron chi connectivity index (χ2n) is 10.6.